The molecular weight excluding hydrogens is 252 g/mol. The average Bonchev–Trinajstić information content (AvgIpc) is 2.38. The van der Waals surface area contributed by atoms with Crippen LogP contribution in [-0.2, 0) is 0 Å². The van der Waals surface area contributed by atoms with Gasteiger partial charge in [-0.05, 0) is 41.5 Å². The fourth-order valence-electron chi connectivity index (χ4n) is 1.67. The Morgan fingerprint density at radius 2 is 1.94 bits per heavy atom. The van der Waals surface area contributed by atoms with Gasteiger partial charge in [-0.2, -0.15) is 0 Å². The maximum Gasteiger partial charge on any atom is 0.120 e. The van der Waals surface area contributed by atoms with Crippen LogP contribution in [0, 0.1) is 0 Å². The quantitative estimate of drug-likeness (QED) is 0.852. The van der Waals surface area contributed by atoms with Crippen molar-refractivity contribution in [3.05, 3.63) is 53.1 Å². The molecule has 0 radical (unpaired) electrons. The Kier molecular flexibility index (Phi) is 3.53. The maximum atomic E-state index is 10.9. The van der Waals surface area contributed by atoms with Crippen molar-refractivity contribution in [2.45, 2.75) is 0 Å². The topological polar surface area (TPSA) is 49.4 Å². The van der Waals surface area contributed by atoms with Crippen LogP contribution in [0.1, 0.15) is 10.4 Å². The molecule has 0 fully saturated rings. The van der Waals surface area contributed by atoms with Crippen LogP contribution in [0.4, 0.5) is 0 Å². The van der Waals surface area contributed by atoms with Crippen LogP contribution in [0.15, 0.2) is 42.5 Å². The van der Waals surface area contributed by atoms with Gasteiger partial charge in [-0.15, -0.1) is 0 Å². The summed E-state index contributed by atoms with van der Waals surface area (Å²) >= 11 is 5.91. The molecule has 0 saturated heterocycles. The van der Waals surface area contributed by atoms with Gasteiger partial charge in [0.1, 0.15) is 5.75 Å². The monoisotopic (exact) mass is 261 g/mol. The molecule has 0 spiro atoms. The molecule has 0 atom stereocenters. The first-order valence-electron chi connectivity index (χ1n) is 5.26. The van der Waals surface area contributed by atoms with Crippen molar-refractivity contribution >= 4 is 17.6 Å². The van der Waals surface area contributed by atoms with E-state index in [-0.39, 0.29) is 5.56 Å². The van der Waals surface area contributed by atoms with Gasteiger partial charge in [-0.25, -0.2) is 0 Å². The summed E-state index contributed by atoms with van der Waals surface area (Å²) in [7, 11) is 1.48. The fraction of sp³-hybridized carbons (Fsp3) is 0.0714. The third-order valence-electron chi connectivity index (χ3n) is 2.54. The maximum absolute atomic E-state index is 10.9. The minimum atomic E-state index is -1.24. The molecule has 18 heavy (non-hydrogen) atoms. The lowest BCUT2D eigenvalue weighted by molar-refractivity contribution is -0.255. The Morgan fingerprint density at radius 3 is 2.56 bits per heavy atom. The van der Waals surface area contributed by atoms with Gasteiger partial charge in [0.15, 0.2) is 0 Å². The Balaban J connectivity index is 2.56. The van der Waals surface area contributed by atoms with Gasteiger partial charge in [-0.3, -0.25) is 0 Å². The van der Waals surface area contributed by atoms with Crippen LogP contribution in [-0.4, -0.2) is 13.1 Å². The van der Waals surface area contributed by atoms with E-state index in [0.717, 1.165) is 11.1 Å². The molecule has 0 aliphatic heterocycles. The SMILES string of the molecule is COc1cc(C(=O)[O-])cc(-c2cccc(Cl)c2)c1. The van der Waals surface area contributed by atoms with Crippen LogP contribution in [0.3, 0.4) is 0 Å². The fourth-order valence-corrected chi connectivity index (χ4v) is 1.86. The van der Waals surface area contributed by atoms with Crippen molar-refractivity contribution in [1.82, 2.24) is 0 Å². The van der Waals surface area contributed by atoms with E-state index in [9.17, 15) is 9.90 Å². The van der Waals surface area contributed by atoms with Crippen molar-refractivity contribution in [1.29, 1.82) is 0 Å². The number of benzene rings is 2. The molecule has 2 aromatic carbocycles. The zero-order valence-corrected chi connectivity index (χ0v) is 10.4. The van der Waals surface area contributed by atoms with Crippen molar-refractivity contribution in [3.8, 4) is 16.9 Å². The molecule has 0 heterocycles. The summed E-state index contributed by atoms with van der Waals surface area (Å²) in [4.78, 5) is 10.9. The third-order valence-corrected chi connectivity index (χ3v) is 2.77. The molecule has 0 unspecified atom stereocenters. The van der Waals surface area contributed by atoms with Gasteiger partial charge in [0, 0.05) is 10.6 Å². The number of hydrogen-bond donors (Lipinski definition) is 0. The van der Waals surface area contributed by atoms with Crippen LogP contribution in [0.5, 0.6) is 5.75 Å². The number of aromatic carboxylic acids is 1. The van der Waals surface area contributed by atoms with Crippen molar-refractivity contribution in [2.75, 3.05) is 7.11 Å². The van der Waals surface area contributed by atoms with E-state index in [1.54, 1.807) is 24.3 Å². The van der Waals surface area contributed by atoms with E-state index in [0.29, 0.717) is 10.8 Å². The minimum absolute atomic E-state index is 0.0734. The molecule has 2 aromatic rings. The molecular formula is C14H10ClO3-. The predicted octanol–water partition coefficient (Wildman–Crippen LogP) is 2.38. The number of carboxylic acid groups (broad SMARTS) is 1. The van der Waals surface area contributed by atoms with Crippen LogP contribution < -0.4 is 9.84 Å². The van der Waals surface area contributed by atoms with Crippen molar-refractivity contribution in [3.63, 3.8) is 0 Å². The molecule has 3 nitrogen and oxygen atoms in total. The largest absolute Gasteiger partial charge is 0.545 e. The number of halogens is 1. The summed E-state index contributed by atoms with van der Waals surface area (Å²) in [6.07, 6.45) is 0. The Hall–Kier alpha value is -2.00. The summed E-state index contributed by atoms with van der Waals surface area (Å²) in [5, 5.41) is 11.5. The number of hydrogen-bond acceptors (Lipinski definition) is 3. The van der Waals surface area contributed by atoms with Crippen LogP contribution in [0.25, 0.3) is 11.1 Å². The minimum Gasteiger partial charge on any atom is -0.545 e. The third kappa shape index (κ3) is 2.63. The highest BCUT2D eigenvalue weighted by atomic mass is 35.5. The molecule has 0 N–H and O–H groups in total. The smallest absolute Gasteiger partial charge is 0.120 e. The van der Waals surface area contributed by atoms with Crippen LogP contribution in [0.2, 0.25) is 5.02 Å². The predicted molar refractivity (Wildman–Crippen MR) is 67.8 cm³/mol. The summed E-state index contributed by atoms with van der Waals surface area (Å²) in [5.74, 6) is -0.774. The standard InChI is InChI=1S/C14H11ClO3/c1-18-13-7-10(5-11(8-13)14(16)17)9-3-2-4-12(15)6-9/h2-8H,1H3,(H,16,17)/p-1. The Morgan fingerprint density at radius 1 is 1.17 bits per heavy atom. The molecule has 0 aliphatic rings. The molecule has 0 bridgehead atoms. The summed E-state index contributed by atoms with van der Waals surface area (Å²) in [5.41, 5.74) is 1.62. The highest BCUT2D eigenvalue weighted by molar-refractivity contribution is 6.30. The lowest BCUT2D eigenvalue weighted by atomic mass is 10.0. The first-order valence-corrected chi connectivity index (χ1v) is 5.64. The lowest BCUT2D eigenvalue weighted by Gasteiger charge is -2.10. The highest BCUT2D eigenvalue weighted by Crippen LogP contribution is 2.27. The second-order valence-electron chi connectivity index (χ2n) is 3.75. The van der Waals surface area contributed by atoms with Gasteiger partial charge in [0.2, 0.25) is 0 Å². The second kappa shape index (κ2) is 5.10. The first kappa shape index (κ1) is 12.5. The number of methoxy groups -OCH3 is 1. The van der Waals surface area contributed by atoms with E-state index in [4.69, 9.17) is 16.3 Å². The van der Waals surface area contributed by atoms with E-state index in [1.165, 1.54) is 19.2 Å². The zero-order chi connectivity index (χ0) is 13.1. The Labute approximate surface area is 110 Å². The molecule has 0 aliphatic carbocycles. The van der Waals surface area contributed by atoms with Crippen molar-refractivity contribution in [2.24, 2.45) is 0 Å². The molecule has 0 amide bonds. The molecule has 4 heteroatoms. The highest BCUT2D eigenvalue weighted by Gasteiger charge is 2.05. The van der Waals surface area contributed by atoms with Gasteiger partial charge in [0.25, 0.3) is 0 Å². The Bertz CT molecular complexity index is 593. The lowest BCUT2D eigenvalue weighted by Crippen LogP contribution is -2.22. The summed E-state index contributed by atoms with van der Waals surface area (Å²) in [6.45, 7) is 0. The van der Waals surface area contributed by atoms with E-state index in [1.807, 2.05) is 6.07 Å². The molecule has 0 saturated carbocycles. The van der Waals surface area contributed by atoms with Crippen molar-refractivity contribution < 1.29 is 14.6 Å². The average molecular weight is 262 g/mol. The molecule has 92 valence electrons. The van der Waals surface area contributed by atoms with E-state index < -0.39 is 5.97 Å². The summed E-state index contributed by atoms with van der Waals surface area (Å²) < 4.78 is 5.07. The van der Waals surface area contributed by atoms with Gasteiger partial charge in [-0.1, -0.05) is 23.7 Å². The normalized spacial score (nSPS) is 10.1. The molecule has 0 aromatic heterocycles. The number of carbonyl (C=O) groups excluding carboxylic acids is 1. The first-order chi connectivity index (χ1) is 8.60. The molecule has 2 rings (SSSR count). The number of rotatable bonds is 3. The van der Waals surface area contributed by atoms with Gasteiger partial charge >= 0.3 is 0 Å². The van der Waals surface area contributed by atoms with E-state index >= 15 is 0 Å². The number of carbonyl (C=O) groups is 1. The summed E-state index contributed by atoms with van der Waals surface area (Å²) in [6, 6.07) is 11.9. The van der Waals surface area contributed by atoms with E-state index in [2.05, 4.69) is 0 Å². The zero-order valence-electron chi connectivity index (χ0n) is 9.64. The number of carboxylic acids is 1. The number of ether oxygens (including phenoxy) is 1. The van der Waals surface area contributed by atoms with Crippen LogP contribution >= 0.6 is 11.6 Å². The van der Waals surface area contributed by atoms with Gasteiger partial charge < -0.3 is 14.6 Å². The second-order valence-corrected chi connectivity index (χ2v) is 4.18. The van der Waals surface area contributed by atoms with Gasteiger partial charge in [0.05, 0.1) is 13.1 Å².